The van der Waals surface area contributed by atoms with Gasteiger partial charge in [0.25, 0.3) is 0 Å². The SMILES string of the molecule is N#Cc1cc(F)ccc1Nc1cncnc1. The Kier molecular flexibility index (Phi) is 2.74. The number of halogens is 1. The van der Waals surface area contributed by atoms with Gasteiger partial charge < -0.3 is 5.32 Å². The summed E-state index contributed by atoms with van der Waals surface area (Å²) in [4.78, 5) is 7.65. The molecule has 0 saturated carbocycles. The number of rotatable bonds is 2. The van der Waals surface area contributed by atoms with Gasteiger partial charge in [0.2, 0.25) is 0 Å². The van der Waals surface area contributed by atoms with Crippen LogP contribution in [0.3, 0.4) is 0 Å². The molecule has 0 fully saturated rings. The van der Waals surface area contributed by atoms with Crippen LogP contribution in [0.4, 0.5) is 15.8 Å². The lowest BCUT2D eigenvalue weighted by Crippen LogP contribution is -1.95. The first-order valence-corrected chi connectivity index (χ1v) is 4.51. The molecule has 4 nitrogen and oxygen atoms in total. The first kappa shape index (κ1) is 10.1. The molecule has 1 aromatic heterocycles. The zero-order chi connectivity index (χ0) is 11.4. The summed E-state index contributed by atoms with van der Waals surface area (Å²) in [6.45, 7) is 0. The Labute approximate surface area is 91.4 Å². The van der Waals surface area contributed by atoms with Crippen molar-refractivity contribution in [2.45, 2.75) is 0 Å². The Morgan fingerprint density at radius 1 is 1.25 bits per heavy atom. The normalized spacial score (nSPS) is 9.50. The highest BCUT2D eigenvalue weighted by Gasteiger charge is 2.03. The average Bonchev–Trinajstić information content (AvgIpc) is 2.33. The highest BCUT2D eigenvalue weighted by atomic mass is 19.1. The third-order valence-corrected chi connectivity index (χ3v) is 1.94. The molecular weight excluding hydrogens is 207 g/mol. The van der Waals surface area contributed by atoms with Gasteiger partial charge in [0.15, 0.2) is 0 Å². The second-order valence-corrected chi connectivity index (χ2v) is 3.05. The zero-order valence-electron chi connectivity index (χ0n) is 8.18. The predicted octanol–water partition coefficient (Wildman–Crippen LogP) is 2.23. The summed E-state index contributed by atoms with van der Waals surface area (Å²) in [7, 11) is 0. The number of hydrogen-bond acceptors (Lipinski definition) is 4. The van der Waals surface area contributed by atoms with Crippen LogP contribution in [0.25, 0.3) is 0 Å². The van der Waals surface area contributed by atoms with Gasteiger partial charge in [-0.1, -0.05) is 0 Å². The molecule has 0 aliphatic rings. The minimum absolute atomic E-state index is 0.240. The molecule has 1 heterocycles. The van der Waals surface area contributed by atoms with Crippen molar-refractivity contribution < 1.29 is 4.39 Å². The summed E-state index contributed by atoms with van der Waals surface area (Å²) in [5, 5.41) is 11.8. The molecule has 2 aromatic rings. The van der Waals surface area contributed by atoms with E-state index in [0.717, 1.165) is 0 Å². The smallest absolute Gasteiger partial charge is 0.124 e. The zero-order valence-corrected chi connectivity index (χ0v) is 8.18. The predicted molar refractivity (Wildman–Crippen MR) is 56.4 cm³/mol. The highest BCUT2D eigenvalue weighted by Crippen LogP contribution is 2.20. The number of aromatic nitrogens is 2. The van der Waals surface area contributed by atoms with Crippen molar-refractivity contribution in [2.75, 3.05) is 5.32 Å². The molecule has 2 rings (SSSR count). The van der Waals surface area contributed by atoms with Crippen molar-refractivity contribution in [1.82, 2.24) is 9.97 Å². The van der Waals surface area contributed by atoms with E-state index in [4.69, 9.17) is 5.26 Å². The number of hydrogen-bond donors (Lipinski definition) is 1. The monoisotopic (exact) mass is 214 g/mol. The van der Waals surface area contributed by atoms with E-state index in [0.29, 0.717) is 11.4 Å². The Morgan fingerprint density at radius 2 is 2.00 bits per heavy atom. The van der Waals surface area contributed by atoms with Crippen LogP contribution in [-0.2, 0) is 0 Å². The van der Waals surface area contributed by atoms with Crippen LogP contribution in [0, 0.1) is 17.1 Å². The first-order chi connectivity index (χ1) is 7.79. The number of benzene rings is 1. The lowest BCUT2D eigenvalue weighted by atomic mass is 10.2. The number of nitriles is 1. The van der Waals surface area contributed by atoms with Crippen molar-refractivity contribution in [3.63, 3.8) is 0 Å². The molecule has 5 heteroatoms. The lowest BCUT2D eigenvalue weighted by Gasteiger charge is -2.06. The van der Waals surface area contributed by atoms with Gasteiger partial charge in [0, 0.05) is 0 Å². The van der Waals surface area contributed by atoms with Crippen molar-refractivity contribution >= 4 is 11.4 Å². The third kappa shape index (κ3) is 2.12. The van der Waals surface area contributed by atoms with Gasteiger partial charge in [0.05, 0.1) is 29.3 Å². The van der Waals surface area contributed by atoms with Crippen LogP contribution in [0.5, 0.6) is 0 Å². The molecule has 78 valence electrons. The van der Waals surface area contributed by atoms with Crippen molar-refractivity contribution in [1.29, 1.82) is 5.26 Å². The minimum Gasteiger partial charge on any atom is -0.352 e. The maximum Gasteiger partial charge on any atom is 0.124 e. The maximum atomic E-state index is 12.9. The molecule has 16 heavy (non-hydrogen) atoms. The summed E-state index contributed by atoms with van der Waals surface area (Å²) >= 11 is 0. The summed E-state index contributed by atoms with van der Waals surface area (Å²) in [5.41, 5.74) is 1.41. The standard InChI is InChI=1S/C11H7FN4/c12-9-1-2-11(8(3-9)4-13)16-10-5-14-7-15-6-10/h1-3,5-7,16H. The highest BCUT2D eigenvalue weighted by molar-refractivity contribution is 5.65. The van der Waals surface area contributed by atoms with Gasteiger partial charge >= 0.3 is 0 Å². The Bertz CT molecular complexity index is 533. The van der Waals surface area contributed by atoms with Crippen LogP contribution in [0.1, 0.15) is 5.56 Å². The number of anilines is 2. The number of nitrogens with one attached hydrogen (secondary N) is 1. The second kappa shape index (κ2) is 4.36. The van der Waals surface area contributed by atoms with E-state index in [1.165, 1.54) is 24.5 Å². The molecule has 1 N–H and O–H groups in total. The Hall–Kier alpha value is -2.48. The van der Waals surface area contributed by atoms with E-state index in [1.54, 1.807) is 12.4 Å². The Morgan fingerprint density at radius 3 is 2.69 bits per heavy atom. The van der Waals surface area contributed by atoms with Crippen LogP contribution < -0.4 is 5.32 Å². The number of nitrogens with zero attached hydrogens (tertiary/aromatic N) is 3. The van der Waals surface area contributed by atoms with E-state index in [1.807, 2.05) is 6.07 Å². The molecule has 1 aromatic carbocycles. The first-order valence-electron chi connectivity index (χ1n) is 4.51. The molecular formula is C11H7FN4. The fraction of sp³-hybridized carbons (Fsp3) is 0. The molecule has 0 aliphatic carbocycles. The topological polar surface area (TPSA) is 61.6 Å². The summed E-state index contributed by atoms with van der Waals surface area (Å²) < 4.78 is 12.9. The van der Waals surface area contributed by atoms with Crippen LogP contribution in [0.15, 0.2) is 36.9 Å². The molecule has 0 atom stereocenters. The summed E-state index contributed by atoms with van der Waals surface area (Å²) in [5.74, 6) is -0.439. The van der Waals surface area contributed by atoms with Gasteiger partial charge in [-0.15, -0.1) is 0 Å². The average molecular weight is 214 g/mol. The molecule has 0 radical (unpaired) electrons. The van der Waals surface area contributed by atoms with Crippen LogP contribution >= 0.6 is 0 Å². The van der Waals surface area contributed by atoms with E-state index < -0.39 is 5.82 Å². The van der Waals surface area contributed by atoms with Gasteiger partial charge in [-0.2, -0.15) is 5.26 Å². The van der Waals surface area contributed by atoms with Gasteiger partial charge in [0.1, 0.15) is 18.2 Å². The lowest BCUT2D eigenvalue weighted by molar-refractivity contribution is 0.627. The fourth-order valence-electron chi connectivity index (χ4n) is 1.24. The Balaban J connectivity index is 2.32. The van der Waals surface area contributed by atoms with E-state index in [2.05, 4.69) is 15.3 Å². The summed E-state index contributed by atoms with van der Waals surface area (Å²) in [6.07, 6.45) is 4.54. The maximum absolute atomic E-state index is 12.9. The largest absolute Gasteiger partial charge is 0.352 e. The second-order valence-electron chi connectivity index (χ2n) is 3.05. The molecule has 0 unspecified atom stereocenters. The molecule has 0 saturated heterocycles. The summed E-state index contributed by atoms with van der Waals surface area (Å²) in [6, 6.07) is 5.87. The van der Waals surface area contributed by atoms with Gasteiger partial charge in [-0.05, 0) is 18.2 Å². The third-order valence-electron chi connectivity index (χ3n) is 1.94. The quantitative estimate of drug-likeness (QED) is 0.832. The molecule has 0 spiro atoms. The molecule has 0 aliphatic heterocycles. The van der Waals surface area contributed by atoms with E-state index in [-0.39, 0.29) is 5.56 Å². The van der Waals surface area contributed by atoms with E-state index in [9.17, 15) is 4.39 Å². The molecule has 0 bridgehead atoms. The fourth-order valence-corrected chi connectivity index (χ4v) is 1.24. The van der Waals surface area contributed by atoms with Crippen LogP contribution in [-0.4, -0.2) is 9.97 Å². The van der Waals surface area contributed by atoms with E-state index >= 15 is 0 Å². The van der Waals surface area contributed by atoms with Crippen molar-refractivity contribution in [3.05, 3.63) is 48.3 Å². The minimum atomic E-state index is -0.439. The van der Waals surface area contributed by atoms with Crippen LogP contribution in [0.2, 0.25) is 0 Å². The van der Waals surface area contributed by atoms with Crippen molar-refractivity contribution in [3.8, 4) is 6.07 Å². The molecule has 0 amide bonds. The van der Waals surface area contributed by atoms with Gasteiger partial charge in [-0.3, -0.25) is 0 Å². The van der Waals surface area contributed by atoms with Crippen molar-refractivity contribution in [2.24, 2.45) is 0 Å². The van der Waals surface area contributed by atoms with Gasteiger partial charge in [-0.25, -0.2) is 14.4 Å².